The Morgan fingerprint density at radius 2 is 1.90 bits per heavy atom. The minimum absolute atomic E-state index is 0.0614. The molecular weight excluding hydrogens is 288 g/mol. The summed E-state index contributed by atoms with van der Waals surface area (Å²) in [7, 11) is 0. The fourth-order valence-corrected chi connectivity index (χ4v) is 1.98. The number of rotatable bonds is 2. The maximum atomic E-state index is 12.7. The molecule has 2 aromatic heterocycles. The van der Waals surface area contributed by atoms with E-state index in [-0.39, 0.29) is 5.82 Å². The first kappa shape index (κ1) is 13.3. The van der Waals surface area contributed by atoms with Gasteiger partial charge < -0.3 is 0 Å². The Labute approximate surface area is 116 Å². The molecular formula is C13H8F4N4. The van der Waals surface area contributed by atoms with Gasteiger partial charge in [-0.25, -0.2) is 15.0 Å². The van der Waals surface area contributed by atoms with E-state index in [0.29, 0.717) is 16.9 Å². The predicted octanol–water partition coefficient (Wildman–Crippen LogP) is 3.71. The summed E-state index contributed by atoms with van der Waals surface area (Å²) in [5, 5.41) is 3.91. The van der Waals surface area contributed by atoms with Gasteiger partial charge in [-0.2, -0.15) is 13.2 Å². The zero-order valence-electron chi connectivity index (χ0n) is 10.4. The summed E-state index contributed by atoms with van der Waals surface area (Å²) in [6.45, 7) is 0. The van der Waals surface area contributed by atoms with E-state index in [1.807, 2.05) is 0 Å². The molecule has 0 unspecified atom stereocenters. The molecule has 0 saturated carbocycles. The van der Waals surface area contributed by atoms with Crippen molar-refractivity contribution in [3.05, 3.63) is 48.2 Å². The standard InChI is InChI=1S/C13H8F4N4/c14-13(15,16)9-3-1-2-8(6-9)10-7-18-12-5-4-11(19-17)20-21(10)12/h1-7H,(H,19,20). The van der Waals surface area contributed by atoms with E-state index in [1.165, 1.54) is 40.5 Å². The normalized spacial score (nSPS) is 11.8. The van der Waals surface area contributed by atoms with E-state index >= 15 is 0 Å². The number of benzene rings is 1. The Kier molecular flexibility index (Phi) is 3.00. The highest BCUT2D eigenvalue weighted by Crippen LogP contribution is 2.32. The van der Waals surface area contributed by atoms with Gasteiger partial charge in [0.2, 0.25) is 0 Å². The molecule has 2 heterocycles. The van der Waals surface area contributed by atoms with Crippen LogP contribution in [0.4, 0.5) is 23.5 Å². The fraction of sp³-hybridized carbons (Fsp3) is 0.0769. The molecule has 3 rings (SSSR count). The SMILES string of the molecule is FNc1ccc2ncc(-c3cccc(C(F)(F)F)c3)n2n1. The van der Waals surface area contributed by atoms with E-state index in [4.69, 9.17) is 0 Å². The van der Waals surface area contributed by atoms with E-state index in [9.17, 15) is 17.7 Å². The average Bonchev–Trinajstić information content (AvgIpc) is 2.89. The van der Waals surface area contributed by atoms with Crippen LogP contribution in [0.5, 0.6) is 0 Å². The number of halogens is 4. The zero-order chi connectivity index (χ0) is 15.0. The quantitative estimate of drug-likeness (QED) is 0.579. The number of anilines is 1. The highest BCUT2D eigenvalue weighted by molar-refractivity contribution is 5.64. The van der Waals surface area contributed by atoms with Gasteiger partial charge in [0.15, 0.2) is 11.5 Å². The fourth-order valence-electron chi connectivity index (χ4n) is 1.98. The molecule has 0 aliphatic rings. The second kappa shape index (κ2) is 4.72. The second-order valence-electron chi connectivity index (χ2n) is 4.31. The van der Waals surface area contributed by atoms with Crippen LogP contribution in [0.1, 0.15) is 5.56 Å². The molecule has 0 saturated heterocycles. The highest BCUT2D eigenvalue weighted by atomic mass is 19.4. The molecule has 4 nitrogen and oxygen atoms in total. The lowest BCUT2D eigenvalue weighted by Crippen LogP contribution is -2.05. The predicted molar refractivity (Wildman–Crippen MR) is 68.2 cm³/mol. The number of hydrogen-bond acceptors (Lipinski definition) is 3. The van der Waals surface area contributed by atoms with Gasteiger partial charge in [0.1, 0.15) is 0 Å². The van der Waals surface area contributed by atoms with E-state index in [2.05, 4.69) is 10.1 Å². The molecule has 0 atom stereocenters. The Balaban J connectivity index is 2.16. The van der Waals surface area contributed by atoms with Crippen LogP contribution in [0.2, 0.25) is 0 Å². The third-order valence-corrected chi connectivity index (χ3v) is 2.94. The molecule has 0 aliphatic carbocycles. The molecule has 3 aromatic rings. The molecule has 0 amide bonds. The van der Waals surface area contributed by atoms with Gasteiger partial charge in [-0.3, -0.25) is 0 Å². The molecule has 0 spiro atoms. The minimum Gasteiger partial charge on any atom is -0.235 e. The van der Waals surface area contributed by atoms with Gasteiger partial charge in [-0.05, 0) is 24.3 Å². The summed E-state index contributed by atoms with van der Waals surface area (Å²) in [6.07, 6.45) is -3.05. The Bertz CT molecular complexity index is 794. The Morgan fingerprint density at radius 3 is 2.62 bits per heavy atom. The third-order valence-electron chi connectivity index (χ3n) is 2.94. The van der Waals surface area contributed by atoms with Crippen molar-refractivity contribution >= 4 is 11.5 Å². The number of hydrogen-bond donors (Lipinski definition) is 1. The smallest absolute Gasteiger partial charge is 0.235 e. The van der Waals surface area contributed by atoms with Crippen molar-refractivity contribution in [1.82, 2.24) is 14.6 Å². The van der Waals surface area contributed by atoms with Crippen LogP contribution in [-0.4, -0.2) is 14.6 Å². The van der Waals surface area contributed by atoms with Crippen molar-refractivity contribution in [1.29, 1.82) is 0 Å². The average molecular weight is 296 g/mol. The second-order valence-corrected chi connectivity index (χ2v) is 4.31. The molecule has 0 fully saturated rings. The van der Waals surface area contributed by atoms with Crippen molar-refractivity contribution < 1.29 is 17.7 Å². The maximum absolute atomic E-state index is 12.7. The molecule has 1 aromatic carbocycles. The Morgan fingerprint density at radius 1 is 1.10 bits per heavy atom. The van der Waals surface area contributed by atoms with Crippen LogP contribution in [0.15, 0.2) is 42.6 Å². The van der Waals surface area contributed by atoms with Gasteiger partial charge in [0.05, 0.1) is 17.5 Å². The number of alkyl halides is 3. The summed E-state index contributed by atoms with van der Waals surface area (Å²) in [4.78, 5) is 4.03. The largest absolute Gasteiger partial charge is 0.416 e. The van der Waals surface area contributed by atoms with Gasteiger partial charge >= 0.3 is 6.18 Å². The van der Waals surface area contributed by atoms with Crippen molar-refractivity contribution in [2.24, 2.45) is 0 Å². The monoisotopic (exact) mass is 296 g/mol. The molecule has 0 bridgehead atoms. The van der Waals surface area contributed by atoms with Crippen LogP contribution in [-0.2, 0) is 6.18 Å². The zero-order valence-corrected chi connectivity index (χ0v) is 10.4. The van der Waals surface area contributed by atoms with E-state index < -0.39 is 11.7 Å². The Hall–Kier alpha value is -2.64. The molecule has 21 heavy (non-hydrogen) atoms. The summed E-state index contributed by atoms with van der Waals surface area (Å²) in [5.41, 5.74) is 1.65. The van der Waals surface area contributed by atoms with Crippen LogP contribution >= 0.6 is 0 Å². The first-order valence-electron chi connectivity index (χ1n) is 5.88. The summed E-state index contributed by atoms with van der Waals surface area (Å²) in [6, 6.07) is 7.67. The van der Waals surface area contributed by atoms with Gasteiger partial charge in [0.25, 0.3) is 0 Å². The first-order valence-corrected chi connectivity index (χ1v) is 5.88. The number of fused-ring (bicyclic) bond motifs is 1. The lowest BCUT2D eigenvalue weighted by Gasteiger charge is -2.08. The number of aromatic nitrogens is 3. The van der Waals surface area contributed by atoms with Gasteiger partial charge in [0, 0.05) is 5.56 Å². The van der Waals surface area contributed by atoms with Crippen molar-refractivity contribution in [2.75, 3.05) is 5.54 Å². The number of nitrogens with one attached hydrogen (secondary N) is 1. The molecule has 0 radical (unpaired) electrons. The van der Waals surface area contributed by atoms with Crippen LogP contribution in [0.3, 0.4) is 0 Å². The first-order chi connectivity index (χ1) is 9.99. The number of nitrogens with zero attached hydrogens (tertiary/aromatic N) is 3. The van der Waals surface area contributed by atoms with Crippen molar-refractivity contribution in [2.45, 2.75) is 6.18 Å². The lowest BCUT2D eigenvalue weighted by atomic mass is 10.1. The van der Waals surface area contributed by atoms with E-state index in [1.54, 1.807) is 0 Å². The van der Waals surface area contributed by atoms with Crippen LogP contribution in [0, 0.1) is 0 Å². The summed E-state index contributed by atoms with van der Waals surface area (Å²) >= 11 is 0. The molecule has 0 aliphatic heterocycles. The van der Waals surface area contributed by atoms with Gasteiger partial charge in [-0.15, -0.1) is 9.58 Å². The van der Waals surface area contributed by atoms with Crippen LogP contribution < -0.4 is 5.54 Å². The number of imidazole rings is 1. The highest BCUT2D eigenvalue weighted by Gasteiger charge is 2.30. The summed E-state index contributed by atoms with van der Waals surface area (Å²) in [5.74, 6) is -0.0614. The summed E-state index contributed by atoms with van der Waals surface area (Å²) < 4.78 is 51.9. The molecule has 8 heteroatoms. The lowest BCUT2D eigenvalue weighted by molar-refractivity contribution is -0.137. The van der Waals surface area contributed by atoms with Crippen molar-refractivity contribution in [3.63, 3.8) is 0 Å². The third kappa shape index (κ3) is 2.39. The molecule has 1 N–H and O–H groups in total. The van der Waals surface area contributed by atoms with E-state index in [0.717, 1.165) is 12.1 Å². The van der Waals surface area contributed by atoms with Crippen LogP contribution in [0.25, 0.3) is 16.9 Å². The van der Waals surface area contributed by atoms with Crippen molar-refractivity contribution in [3.8, 4) is 11.3 Å². The molecule has 108 valence electrons. The topological polar surface area (TPSA) is 42.2 Å². The minimum atomic E-state index is -4.43. The van der Waals surface area contributed by atoms with Gasteiger partial charge in [-0.1, -0.05) is 12.1 Å². The maximum Gasteiger partial charge on any atom is 0.416 e.